The normalized spacial score (nSPS) is 9.00. The van der Waals surface area contributed by atoms with Crippen LogP contribution in [0.15, 0.2) is 0 Å². The van der Waals surface area contributed by atoms with Crippen LogP contribution in [0.1, 0.15) is 13.3 Å². The molecule has 0 aliphatic heterocycles. The molecule has 10 heavy (non-hydrogen) atoms. The molecular formula is C6H12N2OS. The maximum absolute atomic E-state index is 10.9. The zero-order chi connectivity index (χ0) is 8.15. The minimum Gasteiger partial charge on any atom is -0.392 e. The first-order chi connectivity index (χ1) is 4.57. The van der Waals surface area contributed by atoms with Gasteiger partial charge in [0.15, 0.2) is 0 Å². The molecular weight excluding hydrogens is 148 g/mol. The molecule has 0 aromatic carbocycles. The second-order valence-electron chi connectivity index (χ2n) is 2.07. The lowest BCUT2D eigenvalue weighted by atomic mass is 10.4. The maximum Gasteiger partial charge on any atom is 0.222 e. The number of carbonyl (C=O) groups excluding carboxylic acids is 1. The van der Waals surface area contributed by atoms with Crippen LogP contribution in [0, 0.1) is 0 Å². The number of likely N-dealkylation sites (N-methyl/N-ethyl adjacent to an activating group) is 1. The van der Waals surface area contributed by atoms with E-state index in [1.165, 1.54) is 4.90 Å². The van der Waals surface area contributed by atoms with Crippen LogP contribution in [-0.4, -0.2) is 29.4 Å². The molecule has 0 saturated heterocycles. The van der Waals surface area contributed by atoms with Crippen molar-refractivity contribution in [1.82, 2.24) is 4.90 Å². The summed E-state index contributed by atoms with van der Waals surface area (Å²) in [4.78, 5) is 12.7. The first-order valence-electron chi connectivity index (χ1n) is 3.10. The Morgan fingerprint density at radius 1 is 1.70 bits per heavy atom. The minimum atomic E-state index is 0.0628. The lowest BCUT2D eigenvalue weighted by molar-refractivity contribution is -0.128. The summed E-state index contributed by atoms with van der Waals surface area (Å²) in [7, 11) is 1.69. The highest BCUT2D eigenvalue weighted by molar-refractivity contribution is 7.80. The molecule has 58 valence electrons. The fraction of sp³-hybridized carbons (Fsp3) is 0.667. The molecule has 0 spiro atoms. The second-order valence-corrected chi connectivity index (χ2v) is 2.59. The van der Waals surface area contributed by atoms with Gasteiger partial charge < -0.3 is 10.6 Å². The summed E-state index contributed by atoms with van der Waals surface area (Å²) in [5.74, 6) is 0.0628. The van der Waals surface area contributed by atoms with Gasteiger partial charge in [-0.2, -0.15) is 0 Å². The van der Waals surface area contributed by atoms with Crippen molar-refractivity contribution in [2.45, 2.75) is 13.3 Å². The first-order valence-corrected chi connectivity index (χ1v) is 3.51. The third-order valence-corrected chi connectivity index (χ3v) is 1.25. The molecule has 0 radical (unpaired) electrons. The van der Waals surface area contributed by atoms with Gasteiger partial charge in [0, 0.05) is 13.5 Å². The van der Waals surface area contributed by atoms with Crippen molar-refractivity contribution in [1.29, 1.82) is 0 Å². The van der Waals surface area contributed by atoms with Crippen LogP contribution in [-0.2, 0) is 4.79 Å². The number of carbonyl (C=O) groups is 1. The Bertz CT molecular complexity index is 147. The van der Waals surface area contributed by atoms with E-state index in [9.17, 15) is 4.79 Å². The van der Waals surface area contributed by atoms with Gasteiger partial charge in [0.1, 0.15) is 0 Å². The monoisotopic (exact) mass is 160 g/mol. The smallest absolute Gasteiger partial charge is 0.222 e. The Morgan fingerprint density at radius 2 is 2.20 bits per heavy atom. The Labute approximate surface area is 66.2 Å². The number of thiocarbonyl (C=S) groups is 1. The van der Waals surface area contributed by atoms with Gasteiger partial charge in [0.2, 0.25) is 5.91 Å². The van der Waals surface area contributed by atoms with Crippen molar-refractivity contribution in [2.75, 3.05) is 13.6 Å². The largest absolute Gasteiger partial charge is 0.392 e. The van der Waals surface area contributed by atoms with E-state index in [0.29, 0.717) is 18.0 Å². The van der Waals surface area contributed by atoms with Gasteiger partial charge in [0.25, 0.3) is 0 Å². The summed E-state index contributed by atoms with van der Waals surface area (Å²) in [6.45, 7) is 2.18. The molecule has 0 aliphatic carbocycles. The zero-order valence-corrected chi connectivity index (χ0v) is 7.07. The third-order valence-electron chi connectivity index (χ3n) is 1.12. The molecule has 4 heteroatoms. The lowest BCUT2D eigenvalue weighted by Gasteiger charge is -2.14. The summed E-state index contributed by atoms with van der Waals surface area (Å²) < 4.78 is 0. The van der Waals surface area contributed by atoms with E-state index in [2.05, 4.69) is 12.2 Å². The number of nitrogens with zero attached hydrogens (tertiary/aromatic N) is 1. The van der Waals surface area contributed by atoms with Gasteiger partial charge in [-0.05, 0) is 0 Å². The highest BCUT2D eigenvalue weighted by Gasteiger charge is 2.04. The Balaban J connectivity index is 3.72. The molecule has 2 N–H and O–H groups in total. The van der Waals surface area contributed by atoms with Crippen LogP contribution >= 0.6 is 12.2 Å². The van der Waals surface area contributed by atoms with E-state index in [4.69, 9.17) is 5.73 Å². The van der Waals surface area contributed by atoms with Crippen molar-refractivity contribution in [3.05, 3.63) is 0 Å². The summed E-state index contributed by atoms with van der Waals surface area (Å²) >= 11 is 4.62. The van der Waals surface area contributed by atoms with Crippen molar-refractivity contribution >= 4 is 23.1 Å². The average Bonchev–Trinajstić information content (AvgIpc) is 1.85. The molecule has 1 amide bonds. The van der Waals surface area contributed by atoms with E-state index in [1.807, 2.05) is 0 Å². The van der Waals surface area contributed by atoms with Crippen molar-refractivity contribution in [3.63, 3.8) is 0 Å². The van der Waals surface area contributed by atoms with Crippen molar-refractivity contribution < 1.29 is 4.79 Å². The molecule has 0 fully saturated rings. The summed E-state index contributed by atoms with van der Waals surface area (Å²) in [6.07, 6.45) is 0.499. The predicted octanol–water partition coefficient (Wildman–Crippen LogP) is 0.141. The standard InChI is InChI=1S/C6H12N2OS/c1-3-6(9)8(2)4-5(7)10/h3-4H2,1-2H3,(H2,7,10). The van der Waals surface area contributed by atoms with Gasteiger partial charge in [-0.3, -0.25) is 4.79 Å². The average molecular weight is 160 g/mol. The molecule has 0 aliphatic rings. The molecule has 0 atom stereocenters. The van der Waals surface area contributed by atoms with E-state index >= 15 is 0 Å². The van der Waals surface area contributed by atoms with Gasteiger partial charge in [-0.1, -0.05) is 19.1 Å². The molecule has 0 aromatic rings. The SMILES string of the molecule is CCC(=O)N(C)CC(N)=S. The van der Waals surface area contributed by atoms with Gasteiger partial charge in [-0.25, -0.2) is 0 Å². The van der Waals surface area contributed by atoms with Crippen molar-refractivity contribution in [3.8, 4) is 0 Å². The van der Waals surface area contributed by atoms with E-state index < -0.39 is 0 Å². The summed E-state index contributed by atoms with van der Waals surface area (Å²) in [6, 6.07) is 0. The number of hydrogen-bond donors (Lipinski definition) is 1. The van der Waals surface area contributed by atoms with E-state index in [-0.39, 0.29) is 5.91 Å². The zero-order valence-electron chi connectivity index (χ0n) is 6.26. The van der Waals surface area contributed by atoms with Crippen LogP contribution in [0.5, 0.6) is 0 Å². The number of rotatable bonds is 3. The second kappa shape index (κ2) is 4.22. The Hall–Kier alpha value is -0.640. The van der Waals surface area contributed by atoms with Gasteiger partial charge >= 0.3 is 0 Å². The number of amides is 1. The molecule has 0 unspecified atom stereocenters. The topological polar surface area (TPSA) is 46.3 Å². The fourth-order valence-electron chi connectivity index (χ4n) is 0.592. The van der Waals surface area contributed by atoms with Crippen LogP contribution in [0.2, 0.25) is 0 Å². The Morgan fingerprint density at radius 3 is 2.50 bits per heavy atom. The predicted molar refractivity (Wildman–Crippen MR) is 44.7 cm³/mol. The molecule has 0 heterocycles. The van der Waals surface area contributed by atoms with E-state index in [0.717, 1.165) is 0 Å². The van der Waals surface area contributed by atoms with Crippen molar-refractivity contribution in [2.24, 2.45) is 5.73 Å². The quantitative estimate of drug-likeness (QED) is 0.597. The van der Waals surface area contributed by atoms with E-state index in [1.54, 1.807) is 14.0 Å². The first kappa shape index (κ1) is 9.36. The number of nitrogens with two attached hydrogens (primary N) is 1. The fourth-order valence-corrected chi connectivity index (χ4v) is 0.785. The maximum atomic E-state index is 10.9. The lowest BCUT2D eigenvalue weighted by Crippen LogP contribution is -2.33. The van der Waals surface area contributed by atoms with Crippen LogP contribution in [0.25, 0.3) is 0 Å². The summed E-state index contributed by atoms with van der Waals surface area (Å²) in [5, 5.41) is 0. The highest BCUT2D eigenvalue weighted by Crippen LogP contribution is 1.88. The van der Waals surface area contributed by atoms with Crippen LogP contribution in [0.4, 0.5) is 0 Å². The van der Waals surface area contributed by atoms with Gasteiger partial charge in [0.05, 0.1) is 11.5 Å². The van der Waals surface area contributed by atoms with Crippen LogP contribution < -0.4 is 5.73 Å². The highest BCUT2D eigenvalue weighted by atomic mass is 32.1. The molecule has 0 bridgehead atoms. The molecule has 0 aromatic heterocycles. The van der Waals surface area contributed by atoms with Gasteiger partial charge in [-0.15, -0.1) is 0 Å². The minimum absolute atomic E-state index is 0.0628. The summed E-state index contributed by atoms with van der Waals surface area (Å²) in [5.41, 5.74) is 5.22. The molecule has 3 nitrogen and oxygen atoms in total. The number of hydrogen-bond acceptors (Lipinski definition) is 2. The molecule has 0 saturated carbocycles. The Kier molecular flexibility index (Phi) is 3.95. The molecule has 0 rings (SSSR count). The third kappa shape index (κ3) is 3.40. The van der Waals surface area contributed by atoms with Crippen LogP contribution in [0.3, 0.4) is 0 Å².